The fraction of sp³-hybridized carbons (Fsp3) is 0.500. The van der Waals surface area contributed by atoms with Crippen LogP contribution in [-0.2, 0) is 27.3 Å². The third-order valence-electron chi connectivity index (χ3n) is 3.85. The van der Waals surface area contributed by atoms with Crippen LogP contribution >= 0.6 is 0 Å². The summed E-state index contributed by atoms with van der Waals surface area (Å²) in [6.45, 7) is 1.14. The molecular weight excluding hydrogens is 260 g/mol. The van der Waals surface area contributed by atoms with Gasteiger partial charge in [0.2, 0.25) is 0 Å². The molecule has 1 saturated heterocycles. The van der Waals surface area contributed by atoms with Gasteiger partial charge in [-0.15, -0.1) is 0 Å². The summed E-state index contributed by atoms with van der Waals surface area (Å²) in [5, 5.41) is 8.90. The minimum atomic E-state index is -0.992. The number of carbonyl (C=O) groups is 2. The molecule has 6 heteroatoms. The number of carboxylic acid groups (broad SMARTS) is 1. The molecule has 1 aromatic rings. The van der Waals surface area contributed by atoms with Crippen molar-refractivity contribution in [3.8, 4) is 0 Å². The number of hydrogen-bond donors (Lipinski definition) is 1. The number of aliphatic carboxylic acids is 1. The predicted octanol–water partition coefficient (Wildman–Crippen LogP) is 0.598. The number of hydrogen-bond acceptors (Lipinski definition) is 4. The first-order valence-electron chi connectivity index (χ1n) is 6.75. The van der Waals surface area contributed by atoms with E-state index in [0.29, 0.717) is 25.9 Å². The molecule has 0 unspecified atom stereocenters. The lowest BCUT2D eigenvalue weighted by Crippen LogP contribution is -2.42. The standard InChI is InChI=1S/C14H16N2O4/c17-13(11-3-4-12(20-11)14(18)19)16-7-5-10-9(8-16)2-1-6-15-10/h1-2,6,11-12H,3-5,7-8H2,(H,18,19)/t11-,12+/m0/s1. The van der Waals surface area contributed by atoms with Crippen molar-refractivity contribution in [3.05, 3.63) is 29.6 Å². The quantitative estimate of drug-likeness (QED) is 0.855. The van der Waals surface area contributed by atoms with Gasteiger partial charge in [-0.05, 0) is 24.5 Å². The predicted molar refractivity (Wildman–Crippen MR) is 68.9 cm³/mol. The van der Waals surface area contributed by atoms with Crippen molar-refractivity contribution in [3.63, 3.8) is 0 Å². The van der Waals surface area contributed by atoms with Crippen molar-refractivity contribution >= 4 is 11.9 Å². The van der Waals surface area contributed by atoms with E-state index in [0.717, 1.165) is 17.7 Å². The Kier molecular flexibility index (Phi) is 3.40. The zero-order chi connectivity index (χ0) is 14.1. The minimum Gasteiger partial charge on any atom is -0.479 e. The molecule has 0 radical (unpaired) electrons. The van der Waals surface area contributed by atoms with Gasteiger partial charge < -0.3 is 14.7 Å². The Hall–Kier alpha value is -1.95. The summed E-state index contributed by atoms with van der Waals surface area (Å²) in [5.74, 6) is -1.10. The third-order valence-corrected chi connectivity index (χ3v) is 3.85. The van der Waals surface area contributed by atoms with E-state index in [4.69, 9.17) is 9.84 Å². The van der Waals surface area contributed by atoms with Gasteiger partial charge in [0.15, 0.2) is 6.10 Å². The van der Waals surface area contributed by atoms with Crippen LogP contribution in [0.15, 0.2) is 18.3 Å². The van der Waals surface area contributed by atoms with Crippen LogP contribution < -0.4 is 0 Å². The van der Waals surface area contributed by atoms with E-state index in [2.05, 4.69) is 4.98 Å². The van der Waals surface area contributed by atoms with Crippen LogP contribution in [0.4, 0.5) is 0 Å². The van der Waals surface area contributed by atoms with Crippen molar-refractivity contribution in [2.45, 2.75) is 38.0 Å². The fourth-order valence-electron chi connectivity index (χ4n) is 2.76. The van der Waals surface area contributed by atoms with Crippen molar-refractivity contribution in [1.29, 1.82) is 0 Å². The highest BCUT2D eigenvalue weighted by atomic mass is 16.5. The number of carboxylic acids is 1. The average Bonchev–Trinajstić information content (AvgIpc) is 2.96. The molecule has 1 amide bonds. The van der Waals surface area contributed by atoms with E-state index in [-0.39, 0.29) is 5.91 Å². The van der Waals surface area contributed by atoms with Crippen LogP contribution in [-0.4, -0.2) is 45.6 Å². The van der Waals surface area contributed by atoms with Crippen LogP contribution in [0.25, 0.3) is 0 Å². The first-order chi connectivity index (χ1) is 9.65. The summed E-state index contributed by atoms with van der Waals surface area (Å²) in [4.78, 5) is 29.3. The van der Waals surface area contributed by atoms with Crippen LogP contribution in [0.1, 0.15) is 24.1 Å². The molecule has 2 atom stereocenters. The van der Waals surface area contributed by atoms with Crippen molar-refractivity contribution in [2.24, 2.45) is 0 Å². The lowest BCUT2D eigenvalue weighted by molar-refractivity contribution is -0.155. The second kappa shape index (κ2) is 5.20. The zero-order valence-electron chi connectivity index (χ0n) is 11.0. The lowest BCUT2D eigenvalue weighted by Gasteiger charge is -2.30. The Balaban J connectivity index is 1.66. The summed E-state index contributed by atoms with van der Waals surface area (Å²) in [6.07, 6.45) is 1.91. The minimum absolute atomic E-state index is 0.108. The van der Waals surface area contributed by atoms with E-state index in [1.807, 2.05) is 12.1 Å². The van der Waals surface area contributed by atoms with Gasteiger partial charge in [-0.25, -0.2) is 4.79 Å². The van der Waals surface area contributed by atoms with Crippen LogP contribution in [0.2, 0.25) is 0 Å². The van der Waals surface area contributed by atoms with E-state index in [1.165, 1.54) is 0 Å². The lowest BCUT2D eigenvalue weighted by atomic mass is 10.0. The molecule has 1 aromatic heterocycles. The summed E-state index contributed by atoms with van der Waals surface area (Å²) in [5.41, 5.74) is 2.09. The number of nitrogens with zero attached hydrogens (tertiary/aromatic N) is 2. The molecule has 106 valence electrons. The van der Waals surface area contributed by atoms with Gasteiger partial charge in [0.05, 0.1) is 0 Å². The first-order valence-corrected chi connectivity index (χ1v) is 6.75. The molecule has 0 bridgehead atoms. The van der Waals surface area contributed by atoms with Gasteiger partial charge in [-0.2, -0.15) is 0 Å². The summed E-state index contributed by atoms with van der Waals surface area (Å²) < 4.78 is 5.32. The molecule has 0 aliphatic carbocycles. The number of fused-ring (bicyclic) bond motifs is 1. The Morgan fingerprint density at radius 3 is 2.90 bits per heavy atom. The molecular formula is C14H16N2O4. The Bertz CT molecular complexity index is 546. The highest BCUT2D eigenvalue weighted by Crippen LogP contribution is 2.24. The van der Waals surface area contributed by atoms with Gasteiger partial charge in [-0.3, -0.25) is 9.78 Å². The number of carbonyl (C=O) groups excluding carboxylic acids is 1. The second-order valence-corrected chi connectivity index (χ2v) is 5.15. The topological polar surface area (TPSA) is 79.7 Å². The van der Waals surface area contributed by atoms with E-state index in [9.17, 15) is 9.59 Å². The Morgan fingerprint density at radius 1 is 1.35 bits per heavy atom. The smallest absolute Gasteiger partial charge is 0.332 e. The third kappa shape index (κ3) is 2.38. The largest absolute Gasteiger partial charge is 0.479 e. The molecule has 0 spiro atoms. The van der Waals surface area contributed by atoms with Crippen molar-refractivity contribution in [1.82, 2.24) is 9.88 Å². The molecule has 2 aliphatic rings. The molecule has 3 rings (SSSR count). The van der Waals surface area contributed by atoms with Crippen LogP contribution in [0, 0.1) is 0 Å². The normalized spacial score (nSPS) is 25.3. The van der Waals surface area contributed by atoms with Crippen molar-refractivity contribution in [2.75, 3.05) is 6.54 Å². The van der Waals surface area contributed by atoms with E-state index >= 15 is 0 Å². The molecule has 0 saturated carbocycles. The van der Waals surface area contributed by atoms with E-state index < -0.39 is 18.2 Å². The van der Waals surface area contributed by atoms with Gasteiger partial charge in [0.25, 0.3) is 5.91 Å². The average molecular weight is 276 g/mol. The molecule has 1 N–H and O–H groups in total. The highest BCUT2D eigenvalue weighted by molar-refractivity contribution is 5.83. The molecule has 20 heavy (non-hydrogen) atoms. The van der Waals surface area contributed by atoms with Gasteiger partial charge in [-0.1, -0.05) is 6.07 Å². The van der Waals surface area contributed by atoms with Gasteiger partial charge >= 0.3 is 5.97 Å². The number of rotatable bonds is 2. The fourth-order valence-corrected chi connectivity index (χ4v) is 2.76. The summed E-state index contributed by atoms with van der Waals surface area (Å²) >= 11 is 0. The molecule has 6 nitrogen and oxygen atoms in total. The van der Waals surface area contributed by atoms with Gasteiger partial charge in [0.1, 0.15) is 6.10 Å². The van der Waals surface area contributed by atoms with Crippen LogP contribution in [0.3, 0.4) is 0 Å². The summed E-state index contributed by atoms with van der Waals surface area (Å²) in [7, 11) is 0. The van der Waals surface area contributed by atoms with Crippen molar-refractivity contribution < 1.29 is 19.4 Å². The molecule has 2 aliphatic heterocycles. The Morgan fingerprint density at radius 2 is 2.15 bits per heavy atom. The maximum atomic E-state index is 12.4. The number of aromatic nitrogens is 1. The zero-order valence-corrected chi connectivity index (χ0v) is 11.0. The number of pyridine rings is 1. The Labute approximate surface area is 116 Å². The first kappa shape index (κ1) is 13.1. The molecule has 1 fully saturated rings. The molecule has 3 heterocycles. The van der Waals surface area contributed by atoms with Gasteiger partial charge in [0, 0.05) is 31.4 Å². The second-order valence-electron chi connectivity index (χ2n) is 5.15. The highest BCUT2D eigenvalue weighted by Gasteiger charge is 2.37. The molecule has 0 aromatic carbocycles. The maximum absolute atomic E-state index is 12.4. The number of amides is 1. The number of ether oxygens (including phenoxy) is 1. The van der Waals surface area contributed by atoms with Crippen LogP contribution in [0.5, 0.6) is 0 Å². The SMILES string of the molecule is O=C(O)[C@H]1CC[C@@H](C(=O)N2CCc3ncccc3C2)O1. The maximum Gasteiger partial charge on any atom is 0.332 e. The summed E-state index contributed by atoms with van der Waals surface area (Å²) in [6, 6.07) is 3.83. The monoisotopic (exact) mass is 276 g/mol. The van der Waals surface area contributed by atoms with E-state index in [1.54, 1.807) is 11.1 Å².